The summed E-state index contributed by atoms with van der Waals surface area (Å²) in [5.74, 6) is -3.26. The van der Waals surface area contributed by atoms with E-state index in [1.165, 1.54) is 0 Å². The molecule has 0 N–H and O–H groups in total. The molecule has 4 aliphatic rings. The molecule has 0 aromatic carbocycles. The minimum absolute atomic E-state index is 0.0344. The van der Waals surface area contributed by atoms with Crippen molar-refractivity contribution >= 4 is 11.6 Å². The van der Waals surface area contributed by atoms with Crippen LogP contribution in [0.4, 0.5) is 8.78 Å². The normalized spacial score (nSPS) is 42.4. The molecule has 0 aliphatic heterocycles. The van der Waals surface area contributed by atoms with E-state index >= 15 is 0 Å². The molecule has 4 bridgehead atoms. The van der Waals surface area contributed by atoms with Crippen LogP contribution in [-0.4, -0.2) is 17.5 Å². The van der Waals surface area contributed by atoms with E-state index < -0.39 is 11.7 Å². The molecular formula is C14H18F2O2. The van der Waals surface area contributed by atoms with E-state index in [1.807, 2.05) is 0 Å². The predicted octanol–water partition coefficient (Wildman–Crippen LogP) is 3.00. The summed E-state index contributed by atoms with van der Waals surface area (Å²) >= 11 is 0. The molecule has 0 heterocycles. The zero-order valence-corrected chi connectivity index (χ0v) is 10.5. The van der Waals surface area contributed by atoms with Crippen LogP contribution in [0.3, 0.4) is 0 Å². The van der Waals surface area contributed by atoms with Gasteiger partial charge in [-0.25, -0.2) is 0 Å². The molecule has 0 saturated heterocycles. The highest BCUT2D eigenvalue weighted by molar-refractivity contribution is 5.88. The number of carbonyl (C=O) groups is 2. The lowest BCUT2D eigenvalue weighted by Crippen LogP contribution is -2.52. The molecule has 4 saturated carbocycles. The van der Waals surface area contributed by atoms with Crippen LogP contribution in [0.25, 0.3) is 0 Å². The summed E-state index contributed by atoms with van der Waals surface area (Å²) in [6.45, 7) is 0.682. The molecule has 0 amide bonds. The van der Waals surface area contributed by atoms with Crippen molar-refractivity contribution in [1.29, 1.82) is 0 Å². The smallest absolute Gasteiger partial charge is 0.299 e. The van der Waals surface area contributed by atoms with Gasteiger partial charge in [-0.1, -0.05) is 0 Å². The van der Waals surface area contributed by atoms with Gasteiger partial charge in [0.1, 0.15) is 5.78 Å². The van der Waals surface area contributed by atoms with Crippen LogP contribution in [0.1, 0.15) is 45.4 Å². The van der Waals surface area contributed by atoms with E-state index in [-0.39, 0.29) is 23.7 Å². The third kappa shape index (κ3) is 1.81. The Labute approximate surface area is 105 Å². The Balaban J connectivity index is 1.81. The topological polar surface area (TPSA) is 34.1 Å². The lowest BCUT2D eigenvalue weighted by molar-refractivity contribution is -0.156. The molecule has 18 heavy (non-hydrogen) atoms. The van der Waals surface area contributed by atoms with Crippen LogP contribution >= 0.6 is 0 Å². The Morgan fingerprint density at radius 2 is 1.83 bits per heavy atom. The van der Waals surface area contributed by atoms with Crippen molar-refractivity contribution < 1.29 is 18.4 Å². The zero-order valence-electron chi connectivity index (χ0n) is 10.5. The average molecular weight is 256 g/mol. The van der Waals surface area contributed by atoms with Gasteiger partial charge in [-0.15, -0.1) is 0 Å². The lowest BCUT2D eigenvalue weighted by atomic mass is 9.48. The van der Waals surface area contributed by atoms with Crippen molar-refractivity contribution in [3.63, 3.8) is 0 Å². The van der Waals surface area contributed by atoms with Crippen LogP contribution in [0.15, 0.2) is 0 Å². The number of Topliss-reactive ketones (excluding diaryl/α,β-unsaturated/α-hetero) is 2. The van der Waals surface area contributed by atoms with E-state index in [2.05, 4.69) is 0 Å². The molecule has 2 atom stereocenters. The second kappa shape index (κ2) is 3.61. The average Bonchev–Trinajstić information content (AvgIpc) is 2.22. The first kappa shape index (κ1) is 12.2. The van der Waals surface area contributed by atoms with Gasteiger partial charge in [0.05, 0.1) is 0 Å². The molecule has 2 nitrogen and oxygen atoms in total. The number of rotatable bonds is 3. The van der Waals surface area contributed by atoms with Crippen molar-refractivity contribution in [3.05, 3.63) is 0 Å². The Hall–Kier alpha value is -0.800. The first-order chi connectivity index (χ1) is 8.29. The third-order valence-electron chi connectivity index (χ3n) is 5.15. The zero-order chi connectivity index (χ0) is 13.1. The van der Waals surface area contributed by atoms with Gasteiger partial charge in [0.15, 0.2) is 0 Å². The van der Waals surface area contributed by atoms with Gasteiger partial charge in [-0.3, -0.25) is 9.59 Å². The Bertz CT molecular complexity index is 393. The summed E-state index contributed by atoms with van der Waals surface area (Å²) in [4.78, 5) is 23.6. The van der Waals surface area contributed by atoms with Crippen LogP contribution < -0.4 is 0 Å². The quantitative estimate of drug-likeness (QED) is 0.778. The predicted molar refractivity (Wildman–Crippen MR) is 61.2 cm³/mol. The fourth-order valence-corrected chi connectivity index (χ4v) is 4.62. The summed E-state index contributed by atoms with van der Waals surface area (Å²) in [7, 11) is 0. The van der Waals surface area contributed by atoms with Gasteiger partial charge in [-0.05, 0) is 43.4 Å². The van der Waals surface area contributed by atoms with Crippen molar-refractivity contribution in [2.75, 3.05) is 0 Å². The van der Waals surface area contributed by atoms with Crippen molar-refractivity contribution in [3.8, 4) is 0 Å². The minimum atomic E-state index is -3.23. The van der Waals surface area contributed by atoms with Gasteiger partial charge in [0, 0.05) is 25.2 Å². The Morgan fingerprint density at radius 1 is 1.28 bits per heavy atom. The number of hydrogen-bond acceptors (Lipinski definition) is 2. The first-order valence-corrected chi connectivity index (χ1v) is 6.74. The largest absolute Gasteiger partial charge is 0.302 e. The molecule has 4 rings (SSSR count). The lowest BCUT2D eigenvalue weighted by Gasteiger charge is -2.55. The summed E-state index contributed by atoms with van der Waals surface area (Å²) in [6.07, 6.45) is 4.02. The summed E-state index contributed by atoms with van der Waals surface area (Å²) in [5.41, 5.74) is -0.291. The van der Waals surface area contributed by atoms with Gasteiger partial charge in [-0.2, -0.15) is 8.78 Å². The number of carbonyl (C=O) groups excluding carboxylic acids is 2. The molecule has 0 radical (unpaired) electrons. The maximum absolute atomic E-state index is 13.1. The molecule has 4 aliphatic carbocycles. The van der Waals surface area contributed by atoms with E-state index in [4.69, 9.17) is 0 Å². The van der Waals surface area contributed by atoms with E-state index in [9.17, 15) is 18.4 Å². The number of halogens is 2. The molecule has 0 aromatic rings. The van der Waals surface area contributed by atoms with Gasteiger partial charge >= 0.3 is 5.92 Å². The highest BCUT2D eigenvalue weighted by Crippen LogP contribution is 2.60. The molecule has 100 valence electrons. The fourth-order valence-electron chi connectivity index (χ4n) is 4.62. The van der Waals surface area contributed by atoms with Crippen molar-refractivity contribution in [2.45, 2.75) is 51.4 Å². The van der Waals surface area contributed by atoms with E-state index in [0.29, 0.717) is 31.5 Å². The van der Waals surface area contributed by atoms with Gasteiger partial charge < -0.3 is 0 Å². The molecule has 2 unspecified atom stereocenters. The summed E-state index contributed by atoms with van der Waals surface area (Å²) < 4.78 is 26.1. The second-order valence-electron chi connectivity index (χ2n) is 6.73. The fraction of sp³-hybridized carbons (Fsp3) is 0.857. The van der Waals surface area contributed by atoms with Crippen LogP contribution in [-0.2, 0) is 9.59 Å². The minimum Gasteiger partial charge on any atom is -0.299 e. The van der Waals surface area contributed by atoms with Crippen LogP contribution in [0, 0.1) is 23.2 Å². The highest BCUT2D eigenvalue weighted by atomic mass is 19.3. The highest BCUT2D eigenvalue weighted by Gasteiger charge is 2.56. The molecular weight excluding hydrogens is 238 g/mol. The van der Waals surface area contributed by atoms with E-state index in [1.54, 1.807) is 0 Å². The molecule has 0 spiro atoms. The maximum atomic E-state index is 13.1. The van der Waals surface area contributed by atoms with E-state index in [0.717, 1.165) is 19.3 Å². The van der Waals surface area contributed by atoms with Crippen LogP contribution in [0.5, 0.6) is 0 Å². The Morgan fingerprint density at radius 3 is 2.33 bits per heavy atom. The first-order valence-electron chi connectivity index (χ1n) is 6.74. The number of ketones is 2. The summed E-state index contributed by atoms with van der Waals surface area (Å²) in [6, 6.07) is 0. The number of hydrogen-bond donors (Lipinski definition) is 0. The standard InChI is InChI=1S/C14H18F2O2/c1-13(15,16)11(17)7-14-4-8-2-9(5-14)12(18)10(3-8)6-14/h8-10H,2-7H2,1H3. The van der Waals surface area contributed by atoms with Gasteiger partial charge in [0.2, 0.25) is 5.78 Å². The molecule has 4 fully saturated rings. The maximum Gasteiger partial charge on any atom is 0.302 e. The summed E-state index contributed by atoms with van der Waals surface area (Å²) in [5, 5.41) is 0. The Kier molecular flexibility index (Phi) is 2.46. The van der Waals surface area contributed by atoms with Crippen LogP contribution in [0.2, 0.25) is 0 Å². The molecule has 4 heteroatoms. The monoisotopic (exact) mass is 256 g/mol. The van der Waals surface area contributed by atoms with Crippen molar-refractivity contribution in [1.82, 2.24) is 0 Å². The SMILES string of the molecule is CC(F)(F)C(=O)CC12CC3CC(C1)C(=O)C(C3)C2. The number of alkyl halides is 2. The van der Waals surface area contributed by atoms with Gasteiger partial charge in [0.25, 0.3) is 0 Å². The third-order valence-corrected chi connectivity index (χ3v) is 5.15. The second-order valence-corrected chi connectivity index (χ2v) is 6.73. The molecule has 0 aromatic heterocycles. The van der Waals surface area contributed by atoms with Crippen molar-refractivity contribution in [2.24, 2.45) is 23.2 Å².